The predicted octanol–water partition coefficient (Wildman–Crippen LogP) is 4.25. The molecule has 0 radical (unpaired) electrons. The number of sulfonamides is 1. The zero-order valence-corrected chi connectivity index (χ0v) is 17.0. The third-order valence-corrected chi connectivity index (χ3v) is 6.96. The van der Waals surface area contributed by atoms with Crippen molar-refractivity contribution in [2.45, 2.75) is 38.1 Å². The average Bonchev–Trinajstić information content (AvgIpc) is 2.64. The highest BCUT2D eigenvalue weighted by Crippen LogP contribution is 2.37. The van der Waals surface area contributed by atoms with E-state index in [-0.39, 0.29) is 23.0 Å². The molecule has 6 heteroatoms. The van der Waals surface area contributed by atoms with Crippen LogP contribution < -0.4 is 0 Å². The van der Waals surface area contributed by atoms with Crippen molar-refractivity contribution >= 4 is 26.9 Å². The molecule has 2 aromatic rings. The molecule has 0 spiro atoms. The molecule has 26 heavy (non-hydrogen) atoms. The van der Waals surface area contributed by atoms with E-state index in [1.54, 1.807) is 0 Å². The van der Waals surface area contributed by atoms with Gasteiger partial charge in [0.25, 0.3) is 0 Å². The molecule has 0 N–H and O–H groups in total. The third-order valence-electron chi connectivity index (χ3n) is 4.17. The molecule has 2 aromatic carbocycles. The molecule has 0 unspecified atom stereocenters. The molecule has 0 heterocycles. The summed E-state index contributed by atoms with van der Waals surface area (Å²) in [5.74, 6) is 0. The number of carbonyl (C=O) groups excluding carboxylic acids is 1. The molecule has 0 aromatic heterocycles. The van der Waals surface area contributed by atoms with Crippen LogP contribution in [-0.2, 0) is 21.4 Å². The Hall–Kier alpha value is -1.63. The van der Waals surface area contributed by atoms with E-state index in [1.807, 2.05) is 74.5 Å². The Kier molecular flexibility index (Phi) is 7.43. The number of benzene rings is 2. The lowest BCUT2D eigenvalue weighted by Gasteiger charge is -2.32. The van der Waals surface area contributed by atoms with Gasteiger partial charge >= 0.3 is 0 Å². The Labute approximate surface area is 160 Å². The van der Waals surface area contributed by atoms with Crippen molar-refractivity contribution < 1.29 is 13.2 Å². The van der Waals surface area contributed by atoms with Crippen LogP contribution in [0.25, 0.3) is 0 Å². The van der Waals surface area contributed by atoms with E-state index in [9.17, 15) is 13.2 Å². The van der Waals surface area contributed by atoms with Crippen molar-refractivity contribution in [3.05, 3.63) is 71.8 Å². The molecule has 0 aliphatic rings. The summed E-state index contributed by atoms with van der Waals surface area (Å²) in [5.41, 5.74) is 1.87. The number of hydrogen-bond donors (Lipinski definition) is 0. The van der Waals surface area contributed by atoms with Crippen molar-refractivity contribution in [2.24, 2.45) is 0 Å². The van der Waals surface area contributed by atoms with Crippen LogP contribution in [0, 0.1) is 0 Å². The van der Waals surface area contributed by atoms with E-state index in [1.165, 1.54) is 22.3 Å². The minimum Gasteiger partial charge on any atom is -0.287 e. The van der Waals surface area contributed by atoms with Crippen LogP contribution >= 0.6 is 11.8 Å². The lowest BCUT2D eigenvalue weighted by Crippen LogP contribution is -2.40. The first kappa shape index (κ1) is 20.7. The molecule has 0 aliphatic heterocycles. The largest absolute Gasteiger partial charge is 0.287 e. The smallest absolute Gasteiger partial charge is 0.211 e. The van der Waals surface area contributed by atoms with E-state index >= 15 is 0 Å². The number of hydrogen-bond acceptors (Lipinski definition) is 4. The Bertz CT molecular complexity index is 807. The summed E-state index contributed by atoms with van der Waals surface area (Å²) in [6, 6.07) is 18.8. The van der Waals surface area contributed by atoms with E-state index < -0.39 is 10.0 Å². The second kappa shape index (κ2) is 9.35. The maximum absolute atomic E-state index is 12.5. The van der Waals surface area contributed by atoms with Crippen LogP contribution in [0.3, 0.4) is 0 Å². The van der Waals surface area contributed by atoms with Crippen LogP contribution in [0.2, 0.25) is 0 Å². The summed E-state index contributed by atoms with van der Waals surface area (Å²) < 4.78 is 26.5. The Morgan fingerprint density at radius 2 is 1.58 bits per heavy atom. The van der Waals surface area contributed by atoms with Gasteiger partial charge in [-0.2, -0.15) is 4.31 Å². The molecule has 2 atom stereocenters. The van der Waals surface area contributed by atoms with Gasteiger partial charge in [-0.15, -0.1) is 0 Å². The summed E-state index contributed by atoms with van der Waals surface area (Å²) in [6.45, 7) is 3.98. The van der Waals surface area contributed by atoms with Crippen LogP contribution in [0.4, 0.5) is 0 Å². The highest BCUT2D eigenvalue weighted by Gasteiger charge is 2.32. The molecule has 0 saturated heterocycles. The zero-order chi connectivity index (χ0) is 19.2. The van der Waals surface area contributed by atoms with Gasteiger partial charge in [-0.3, -0.25) is 4.79 Å². The summed E-state index contributed by atoms with van der Waals surface area (Å²) in [4.78, 5) is 12.1. The molecule has 4 nitrogen and oxygen atoms in total. The molecule has 2 rings (SSSR count). The van der Waals surface area contributed by atoms with Gasteiger partial charge in [0.1, 0.15) is 0 Å². The first-order valence-electron chi connectivity index (χ1n) is 8.58. The molecule has 0 aliphatic carbocycles. The second-order valence-electron chi connectivity index (χ2n) is 6.21. The zero-order valence-electron chi connectivity index (χ0n) is 15.3. The average molecular weight is 392 g/mol. The van der Waals surface area contributed by atoms with Crippen LogP contribution in [-0.4, -0.2) is 30.1 Å². The Morgan fingerprint density at radius 3 is 2.08 bits per heavy atom. The van der Waals surface area contributed by atoms with Crippen LogP contribution in [0.5, 0.6) is 0 Å². The Balaban J connectivity index is 2.38. The number of carbonyl (C=O) groups is 1. The first-order valence-corrected chi connectivity index (χ1v) is 11.3. The van der Waals surface area contributed by atoms with E-state index in [0.717, 1.165) is 11.1 Å². The first-order chi connectivity index (χ1) is 12.3. The van der Waals surface area contributed by atoms with Gasteiger partial charge in [0.2, 0.25) is 10.0 Å². The fraction of sp³-hybridized carbons (Fsp3) is 0.350. The maximum Gasteiger partial charge on any atom is 0.211 e. The van der Waals surface area contributed by atoms with Crippen molar-refractivity contribution in [1.82, 2.24) is 4.31 Å². The quantitative estimate of drug-likeness (QED) is 0.675. The minimum atomic E-state index is -3.45. The van der Waals surface area contributed by atoms with Crippen molar-refractivity contribution in [3.8, 4) is 0 Å². The van der Waals surface area contributed by atoms with Gasteiger partial charge in [0.05, 0.1) is 11.5 Å². The molecule has 0 saturated carbocycles. The molecular formula is C20H25NO3S2. The standard InChI is InChI=1S/C20H25NO3S2/c1-4-19(22)25-20(18-13-9-6-10-14-18)16(2)21(26(3,23)24)15-17-11-7-5-8-12-17/h5-14,16,20H,4,15H2,1-3H3/t16-,20-/m1/s1. The normalized spacial score (nSPS) is 14.2. The van der Waals surface area contributed by atoms with E-state index in [4.69, 9.17) is 0 Å². The number of rotatable bonds is 8. The summed E-state index contributed by atoms with van der Waals surface area (Å²) >= 11 is 1.22. The van der Waals surface area contributed by atoms with Gasteiger partial charge in [0, 0.05) is 19.0 Å². The van der Waals surface area contributed by atoms with E-state index in [2.05, 4.69) is 0 Å². The van der Waals surface area contributed by atoms with Crippen LogP contribution in [0.1, 0.15) is 36.6 Å². The SMILES string of the molecule is CCC(=O)S[C@@H](c1ccccc1)[C@@H](C)N(Cc1ccccc1)S(C)(=O)=O. The lowest BCUT2D eigenvalue weighted by atomic mass is 10.1. The van der Waals surface area contributed by atoms with E-state index in [0.29, 0.717) is 6.42 Å². The molecule has 140 valence electrons. The highest BCUT2D eigenvalue weighted by atomic mass is 32.2. The molecule has 0 fully saturated rings. The van der Waals surface area contributed by atoms with Crippen molar-refractivity contribution in [1.29, 1.82) is 0 Å². The highest BCUT2D eigenvalue weighted by molar-refractivity contribution is 8.13. The summed E-state index contributed by atoms with van der Waals surface area (Å²) in [5, 5.41) is -0.207. The number of thioether (sulfide) groups is 1. The molecular weight excluding hydrogens is 366 g/mol. The van der Waals surface area contributed by atoms with Crippen LogP contribution in [0.15, 0.2) is 60.7 Å². The lowest BCUT2D eigenvalue weighted by molar-refractivity contribution is -0.110. The summed E-state index contributed by atoms with van der Waals surface area (Å²) in [7, 11) is -3.45. The van der Waals surface area contributed by atoms with Gasteiger partial charge < -0.3 is 0 Å². The van der Waals surface area contributed by atoms with Gasteiger partial charge in [-0.05, 0) is 18.1 Å². The monoisotopic (exact) mass is 391 g/mol. The fourth-order valence-corrected chi connectivity index (χ4v) is 5.06. The van der Waals surface area contributed by atoms with Crippen molar-refractivity contribution in [3.63, 3.8) is 0 Å². The topological polar surface area (TPSA) is 54.5 Å². The molecule has 0 bridgehead atoms. The van der Waals surface area contributed by atoms with Crippen molar-refractivity contribution in [2.75, 3.05) is 6.26 Å². The maximum atomic E-state index is 12.5. The van der Waals surface area contributed by atoms with Gasteiger partial charge in [-0.25, -0.2) is 8.42 Å². The van der Waals surface area contributed by atoms with Gasteiger partial charge in [-0.1, -0.05) is 79.3 Å². The Morgan fingerprint density at radius 1 is 1.04 bits per heavy atom. The number of nitrogens with zero attached hydrogens (tertiary/aromatic N) is 1. The fourth-order valence-electron chi connectivity index (χ4n) is 2.79. The second-order valence-corrected chi connectivity index (χ2v) is 9.34. The van der Waals surface area contributed by atoms with Gasteiger partial charge in [0.15, 0.2) is 5.12 Å². The minimum absolute atomic E-state index is 0.0545. The third kappa shape index (κ3) is 5.69. The summed E-state index contributed by atoms with van der Waals surface area (Å²) in [6.07, 6.45) is 1.64. The molecule has 0 amide bonds. The predicted molar refractivity (Wildman–Crippen MR) is 108 cm³/mol.